The third-order valence-electron chi connectivity index (χ3n) is 4.44. The molecule has 0 aromatic carbocycles. The predicted molar refractivity (Wildman–Crippen MR) is 83.9 cm³/mol. The van der Waals surface area contributed by atoms with Crippen LogP contribution in [0.3, 0.4) is 0 Å². The molecular formula is C15H22N4O6. The van der Waals surface area contributed by atoms with Gasteiger partial charge in [-0.3, -0.25) is 24.0 Å². The van der Waals surface area contributed by atoms with Crippen molar-refractivity contribution >= 4 is 29.6 Å². The van der Waals surface area contributed by atoms with E-state index in [1.165, 1.54) is 4.90 Å². The summed E-state index contributed by atoms with van der Waals surface area (Å²) in [7, 11) is 0. The standard InChI is InChI=1S/C15H22N4O6/c16-13(23)10-2-1-7-19(10)15(25)9(4-6-12(21)22)18-14(24)8-3-5-11(20)17-8/h8-10H,1-7H2,(H2,16,23)(H,17,20)(H,18,24)(H,21,22)/t8-,9+,10+/m1/s1. The zero-order valence-corrected chi connectivity index (χ0v) is 13.7. The van der Waals surface area contributed by atoms with Gasteiger partial charge in [0.1, 0.15) is 18.1 Å². The second-order valence-corrected chi connectivity index (χ2v) is 6.24. The van der Waals surface area contributed by atoms with Crippen molar-refractivity contribution in [2.75, 3.05) is 6.54 Å². The van der Waals surface area contributed by atoms with Gasteiger partial charge in [0, 0.05) is 19.4 Å². The number of primary amides is 1. The minimum absolute atomic E-state index is 0.109. The number of nitrogens with zero attached hydrogens (tertiary/aromatic N) is 1. The van der Waals surface area contributed by atoms with Gasteiger partial charge in [-0.05, 0) is 25.7 Å². The van der Waals surface area contributed by atoms with Crippen LogP contribution >= 0.6 is 0 Å². The molecule has 5 N–H and O–H groups in total. The second-order valence-electron chi connectivity index (χ2n) is 6.24. The topological polar surface area (TPSA) is 159 Å². The maximum absolute atomic E-state index is 12.7. The van der Waals surface area contributed by atoms with Gasteiger partial charge in [-0.1, -0.05) is 0 Å². The molecule has 2 heterocycles. The number of nitrogens with one attached hydrogen (secondary N) is 2. The maximum atomic E-state index is 12.7. The van der Waals surface area contributed by atoms with E-state index >= 15 is 0 Å². The fourth-order valence-corrected chi connectivity index (χ4v) is 3.13. The second kappa shape index (κ2) is 7.95. The zero-order valence-electron chi connectivity index (χ0n) is 13.7. The molecule has 0 aromatic heterocycles. The van der Waals surface area contributed by atoms with E-state index in [1.807, 2.05) is 0 Å². The molecule has 4 amide bonds. The molecule has 2 aliphatic rings. The summed E-state index contributed by atoms with van der Waals surface area (Å²) in [6.45, 7) is 0.325. The van der Waals surface area contributed by atoms with Gasteiger partial charge in [0.25, 0.3) is 0 Å². The first kappa shape index (κ1) is 18.7. The molecule has 10 heteroatoms. The van der Waals surface area contributed by atoms with Gasteiger partial charge in [-0.15, -0.1) is 0 Å². The Labute approximate surface area is 144 Å². The Morgan fingerprint density at radius 3 is 2.60 bits per heavy atom. The number of hydrogen-bond donors (Lipinski definition) is 4. The molecule has 2 aliphatic heterocycles. The van der Waals surface area contributed by atoms with Crippen molar-refractivity contribution in [2.24, 2.45) is 5.73 Å². The number of likely N-dealkylation sites (tertiary alicyclic amines) is 1. The lowest BCUT2D eigenvalue weighted by Gasteiger charge is -2.28. The van der Waals surface area contributed by atoms with Crippen molar-refractivity contribution in [3.8, 4) is 0 Å². The Kier molecular flexibility index (Phi) is 5.94. The number of carboxylic acids is 1. The van der Waals surface area contributed by atoms with Crippen molar-refractivity contribution in [2.45, 2.75) is 56.7 Å². The van der Waals surface area contributed by atoms with Crippen LogP contribution in [-0.4, -0.2) is 64.3 Å². The Hall–Kier alpha value is -2.65. The van der Waals surface area contributed by atoms with Crippen molar-refractivity contribution in [1.82, 2.24) is 15.5 Å². The van der Waals surface area contributed by atoms with Crippen molar-refractivity contribution in [1.29, 1.82) is 0 Å². The number of carbonyl (C=O) groups is 5. The van der Waals surface area contributed by atoms with Gasteiger partial charge in [0.05, 0.1) is 0 Å². The third kappa shape index (κ3) is 4.68. The minimum Gasteiger partial charge on any atom is -0.481 e. The fraction of sp³-hybridized carbons (Fsp3) is 0.667. The van der Waals surface area contributed by atoms with E-state index in [-0.39, 0.29) is 25.2 Å². The quantitative estimate of drug-likeness (QED) is 0.417. The molecule has 2 saturated heterocycles. The lowest BCUT2D eigenvalue weighted by atomic mass is 10.1. The number of aliphatic carboxylic acids is 1. The van der Waals surface area contributed by atoms with E-state index in [1.54, 1.807) is 0 Å². The molecule has 138 valence electrons. The van der Waals surface area contributed by atoms with E-state index in [4.69, 9.17) is 10.8 Å². The van der Waals surface area contributed by atoms with Gasteiger partial charge < -0.3 is 26.4 Å². The molecule has 0 aliphatic carbocycles. The predicted octanol–water partition coefficient (Wildman–Crippen LogP) is -1.91. The molecule has 0 spiro atoms. The highest BCUT2D eigenvalue weighted by Gasteiger charge is 2.38. The first-order valence-electron chi connectivity index (χ1n) is 8.21. The van der Waals surface area contributed by atoms with Crippen molar-refractivity contribution in [3.63, 3.8) is 0 Å². The summed E-state index contributed by atoms with van der Waals surface area (Å²) in [4.78, 5) is 59.8. The smallest absolute Gasteiger partial charge is 0.303 e. The molecule has 10 nitrogen and oxygen atoms in total. The van der Waals surface area contributed by atoms with Crippen LogP contribution in [0.25, 0.3) is 0 Å². The summed E-state index contributed by atoms with van der Waals surface area (Å²) in [5.74, 6) is -3.04. The lowest BCUT2D eigenvalue weighted by Crippen LogP contribution is -2.55. The molecule has 0 radical (unpaired) electrons. The van der Waals surface area contributed by atoms with Crippen molar-refractivity contribution < 1.29 is 29.1 Å². The average Bonchev–Trinajstić information content (AvgIpc) is 3.19. The minimum atomic E-state index is -1.10. The van der Waals surface area contributed by atoms with Crippen LogP contribution in [0.4, 0.5) is 0 Å². The molecule has 0 aromatic rings. The van der Waals surface area contributed by atoms with Crippen LogP contribution in [0, 0.1) is 0 Å². The van der Waals surface area contributed by atoms with Crippen LogP contribution in [0.2, 0.25) is 0 Å². The Morgan fingerprint density at radius 2 is 2.04 bits per heavy atom. The van der Waals surface area contributed by atoms with E-state index in [9.17, 15) is 24.0 Å². The summed E-state index contributed by atoms with van der Waals surface area (Å²) in [6.07, 6.45) is 1.17. The van der Waals surface area contributed by atoms with E-state index in [0.29, 0.717) is 25.8 Å². The van der Waals surface area contributed by atoms with E-state index < -0.39 is 41.8 Å². The van der Waals surface area contributed by atoms with Gasteiger partial charge in [0.15, 0.2) is 0 Å². The molecule has 25 heavy (non-hydrogen) atoms. The number of carboxylic acid groups (broad SMARTS) is 1. The monoisotopic (exact) mass is 354 g/mol. The number of rotatable bonds is 7. The molecule has 0 bridgehead atoms. The molecule has 0 saturated carbocycles. The Bertz CT molecular complexity index is 593. The average molecular weight is 354 g/mol. The number of nitrogens with two attached hydrogens (primary N) is 1. The fourth-order valence-electron chi connectivity index (χ4n) is 3.13. The summed E-state index contributed by atoms with van der Waals surface area (Å²) >= 11 is 0. The van der Waals surface area contributed by atoms with Gasteiger partial charge in [-0.25, -0.2) is 0 Å². The number of hydrogen-bond acceptors (Lipinski definition) is 5. The summed E-state index contributed by atoms with van der Waals surface area (Å²) in [5, 5.41) is 13.9. The largest absolute Gasteiger partial charge is 0.481 e. The highest BCUT2D eigenvalue weighted by atomic mass is 16.4. The number of carbonyl (C=O) groups excluding carboxylic acids is 4. The molecular weight excluding hydrogens is 332 g/mol. The molecule has 2 fully saturated rings. The van der Waals surface area contributed by atoms with Crippen LogP contribution < -0.4 is 16.4 Å². The lowest BCUT2D eigenvalue weighted by molar-refractivity contribution is -0.142. The third-order valence-corrected chi connectivity index (χ3v) is 4.44. The maximum Gasteiger partial charge on any atom is 0.303 e. The first-order chi connectivity index (χ1) is 11.8. The van der Waals surface area contributed by atoms with Crippen LogP contribution in [0.1, 0.15) is 38.5 Å². The normalized spacial score (nSPS) is 23.8. The summed E-state index contributed by atoms with van der Waals surface area (Å²) in [5.41, 5.74) is 5.30. The summed E-state index contributed by atoms with van der Waals surface area (Å²) in [6, 6.07) is -2.57. The first-order valence-corrected chi connectivity index (χ1v) is 8.21. The van der Waals surface area contributed by atoms with Gasteiger partial charge >= 0.3 is 5.97 Å². The van der Waals surface area contributed by atoms with Crippen molar-refractivity contribution in [3.05, 3.63) is 0 Å². The van der Waals surface area contributed by atoms with E-state index in [2.05, 4.69) is 10.6 Å². The van der Waals surface area contributed by atoms with Gasteiger partial charge in [0.2, 0.25) is 23.6 Å². The van der Waals surface area contributed by atoms with Crippen LogP contribution in [-0.2, 0) is 24.0 Å². The van der Waals surface area contributed by atoms with Gasteiger partial charge in [-0.2, -0.15) is 0 Å². The Morgan fingerprint density at radius 1 is 1.32 bits per heavy atom. The van der Waals surface area contributed by atoms with E-state index in [0.717, 1.165) is 0 Å². The molecule has 0 unspecified atom stereocenters. The molecule has 3 atom stereocenters. The highest BCUT2D eigenvalue weighted by Crippen LogP contribution is 2.19. The number of amides is 4. The Balaban J connectivity index is 2.07. The summed E-state index contributed by atoms with van der Waals surface area (Å²) < 4.78 is 0. The van der Waals surface area contributed by atoms with Crippen LogP contribution in [0.5, 0.6) is 0 Å². The zero-order chi connectivity index (χ0) is 18.6. The molecule has 2 rings (SSSR count). The highest BCUT2D eigenvalue weighted by molar-refractivity contribution is 5.95. The SMILES string of the molecule is NC(=O)[C@@H]1CCCN1C(=O)[C@H](CCC(=O)O)NC(=O)[C@H]1CCC(=O)N1. The van der Waals surface area contributed by atoms with Crippen LogP contribution in [0.15, 0.2) is 0 Å².